The van der Waals surface area contributed by atoms with Crippen LogP contribution >= 0.6 is 15.9 Å². The lowest BCUT2D eigenvalue weighted by Gasteiger charge is -2.16. The Morgan fingerprint density at radius 3 is 2.60 bits per heavy atom. The van der Waals surface area contributed by atoms with E-state index in [0.29, 0.717) is 40.5 Å². The van der Waals surface area contributed by atoms with Crippen LogP contribution in [-0.4, -0.2) is 41.9 Å². The van der Waals surface area contributed by atoms with Gasteiger partial charge in [-0.05, 0) is 59.1 Å². The Morgan fingerprint density at radius 1 is 1.17 bits per heavy atom. The molecule has 0 aliphatic carbocycles. The third kappa shape index (κ3) is 4.03. The molecule has 0 radical (unpaired) electrons. The molecule has 0 atom stereocenters. The summed E-state index contributed by atoms with van der Waals surface area (Å²) in [4.78, 5) is 17.3. The summed E-state index contributed by atoms with van der Waals surface area (Å²) in [5.41, 5.74) is 1.30. The van der Waals surface area contributed by atoms with Gasteiger partial charge in [0.1, 0.15) is 0 Å². The summed E-state index contributed by atoms with van der Waals surface area (Å²) in [5, 5.41) is 6.73. The second-order valence-corrected chi connectivity index (χ2v) is 9.68. The average Bonchev–Trinajstić information content (AvgIpc) is 3.41. The number of hydrogen-bond donors (Lipinski definition) is 1. The van der Waals surface area contributed by atoms with Gasteiger partial charge in [0.25, 0.3) is 5.91 Å². The van der Waals surface area contributed by atoms with E-state index in [-0.39, 0.29) is 10.5 Å². The number of halogens is 1. The molecule has 10 heteroatoms. The van der Waals surface area contributed by atoms with Gasteiger partial charge in [0, 0.05) is 30.0 Å². The van der Waals surface area contributed by atoms with Crippen molar-refractivity contribution in [3.63, 3.8) is 0 Å². The van der Waals surface area contributed by atoms with Gasteiger partial charge in [0.15, 0.2) is 0 Å². The molecule has 156 valence electrons. The number of sulfonamides is 1. The smallest absolute Gasteiger partial charge is 0.256 e. The second kappa shape index (κ2) is 8.29. The molecular weight excluding hydrogens is 472 g/mol. The topological polar surface area (TPSA) is 105 Å². The van der Waals surface area contributed by atoms with Crippen molar-refractivity contribution in [2.45, 2.75) is 24.7 Å². The van der Waals surface area contributed by atoms with Gasteiger partial charge in [0.2, 0.25) is 21.7 Å². The van der Waals surface area contributed by atoms with Gasteiger partial charge in [-0.2, -0.15) is 9.29 Å². The molecule has 1 aliphatic rings. The Labute approximate surface area is 182 Å². The van der Waals surface area contributed by atoms with Crippen LogP contribution in [0.15, 0.2) is 56.4 Å². The Kier molecular flexibility index (Phi) is 5.72. The molecule has 30 heavy (non-hydrogen) atoms. The highest BCUT2D eigenvalue weighted by Gasteiger charge is 2.28. The fourth-order valence-corrected chi connectivity index (χ4v) is 5.27. The van der Waals surface area contributed by atoms with Crippen molar-refractivity contribution in [1.82, 2.24) is 14.4 Å². The van der Waals surface area contributed by atoms with Crippen LogP contribution < -0.4 is 5.32 Å². The van der Waals surface area contributed by atoms with Gasteiger partial charge in [0.05, 0.1) is 16.1 Å². The number of rotatable bonds is 5. The van der Waals surface area contributed by atoms with Crippen molar-refractivity contribution in [2.75, 3.05) is 18.4 Å². The van der Waals surface area contributed by atoms with Gasteiger partial charge in [-0.25, -0.2) is 8.42 Å². The summed E-state index contributed by atoms with van der Waals surface area (Å²) >= 11 is 3.35. The lowest BCUT2D eigenvalue weighted by Crippen LogP contribution is -2.28. The summed E-state index contributed by atoms with van der Waals surface area (Å²) in [6.07, 6.45) is 1.69. The minimum Gasteiger partial charge on any atom is -0.339 e. The van der Waals surface area contributed by atoms with Crippen LogP contribution in [-0.2, 0) is 10.0 Å². The minimum atomic E-state index is -3.63. The molecule has 3 aromatic rings. The predicted molar refractivity (Wildman–Crippen MR) is 115 cm³/mol. The van der Waals surface area contributed by atoms with Gasteiger partial charge >= 0.3 is 0 Å². The zero-order valence-electron chi connectivity index (χ0n) is 16.1. The highest BCUT2D eigenvalue weighted by Crippen LogP contribution is 2.29. The molecule has 4 rings (SSSR count). The monoisotopic (exact) mass is 490 g/mol. The maximum Gasteiger partial charge on any atom is 0.256 e. The number of benzene rings is 2. The van der Waals surface area contributed by atoms with Crippen LogP contribution in [0.5, 0.6) is 0 Å². The van der Waals surface area contributed by atoms with E-state index in [2.05, 4.69) is 31.4 Å². The summed E-state index contributed by atoms with van der Waals surface area (Å²) < 4.78 is 32.7. The van der Waals surface area contributed by atoms with Crippen LogP contribution in [0.4, 0.5) is 5.69 Å². The van der Waals surface area contributed by atoms with E-state index in [0.717, 1.165) is 12.8 Å². The van der Waals surface area contributed by atoms with Crippen LogP contribution in [0.1, 0.15) is 29.1 Å². The number of aryl methyl sites for hydroxylation is 1. The molecule has 1 fully saturated rings. The van der Waals surface area contributed by atoms with Crippen LogP contribution in [0, 0.1) is 6.92 Å². The second-order valence-electron chi connectivity index (χ2n) is 6.89. The molecule has 1 aromatic heterocycles. The Bertz CT molecular complexity index is 1200. The molecule has 0 unspecified atom stereocenters. The predicted octanol–water partition coefficient (Wildman–Crippen LogP) is 3.84. The van der Waals surface area contributed by atoms with Gasteiger partial charge in [-0.15, -0.1) is 0 Å². The van der Waals surface area contributed by atoms with Gasteiger partial charge in [-0.1, -0.05) is 17.3 Å². The Hall–Kier alpha value is -2.56. The van der Waals surface area contributed by atoms with Crippen molar-refractivity contribution in [1.29, 1.82) is 0 Å². The quantitative estimate of drug-likeness (QED) is 0.582. The Morgan fingerprint density at radius 2 is 1.90 bits per heavy atom. The van der Waals surface area contributed by atoms with E-state index in [9.17, 15) is 13.2 Å². The molecule has 0 spiro atoms. The highest BCUT2D eigenvalue weighted by molar-refractivity contribution is 9.10. The molecular formula is C20H19BrN4O4S. The summed E-state index contributed by atoms with van der Waals surface area (Å²) in [6, 6.07) is 11.5. The molecule has 2 heterocycles. The van der Waals surface area contributed by atoms with Crippen molar-refractivity contribution in [3.05, 3.63) is 58.4 Å². The lowest BCUT2D eigenvalue weighted by molar-refractivity contribution is 0.102. The number of aromatic nitrogens is 2. The molecule has 1 N–H and O–H groups in total. The number of nitrogens with zero attached hydrogens (tertiary/aromatic N) is 3. The summed E-state index contributed by atoms with van der Waals surface area (Å²) in [6.45, 7) is 2.68. The van der Waals surface area contributed by atoms with Crippen molar-refractivity contribution < 1.29 is 17.7 Å². The maximum atomic E-state index is 13.0. The molecule has 2 aromatic carbocycles. The number of anilines is 1. The van der Waals surface area contributed by atoms with Gasteiger partial charge < -0.3 is 9.84 Å². The van der Waals surface area contributed by atoms with E-state index in [1.165, 1.54) is 16.4 Å². The minimum absolute atomic E-state index is 0.0971. The number of nitrogens with one attached hydrogen (secondary N) is 1. The first-order chi connectivity index (χ1) is 14.4. The first-order valence-electron chi connectivity index (χ1n) is 9.37. The third-order valence-corrected chi connectivity index (χ3v) is 7.42. The Balaban J connectivity index is 1.65. The van der Waals surface area contributed by atoms with E-state index >= 15 is 0 Å². The van der Waals surface area contributed by atoms with E-state index in [1.807, 2.05) is 0 Å². The first kappa shape index (κ1) is 20.7. The zero-order valence-corrected chi connectivity index (χ0v) is 18.5. The highest BCUT2D eigenvalue weighted by atomic mass is 79.9. The van der Waals surface area contributed by atoms with E-state index < -0.39 is 15.9 Å². The summed E-state index contributed by atoms with van der Waals surface area (Å²) in [5.74, 6) is 0.314. The van der Waals surface area contributed by atoms with E-state index in [1.54, 1.807) is 37.3 Å². The normalized spacial score (nSPS) is 14.7. The maximum absolute atomic E-state index is 13.0. The molecule has 1 aliphatic heterocycles. The summed E-state index contributed by atoms with van der Waals surface area (Å²) in [7, 11) is -3.63. The van der Waals surface area contributed by atoms with Crippen molar-refractivity contribution >= 4 is 37.5 Å². The fraction of sp³-hybridized carbons (Fsp3) is 0.250. The number of hydrogen-bond acceptors (Lipinski definition) is 6. The van der Waals surface area contributed by atoms with Gasteiger partial charge in [-0.3, -0.25) is 4.79 Å². The van der Waals surface area contributed by atoms with E-state index in [4.69, 9.17) is 4.52 Å². The number of amides is 1. The lowest BCUT2D eigenvalue weighted by atomic mass is 10.1. The molecule has 0 bridgehead atoms. The number of carbonyl (C=O) groups is 1. The largest absolute Gasteiger partial charge is 0.339 e. The standard InChI is InChI=1S/C20H19BrN4O4S/c1-13-22-19(24-29-13)15-6-2-3-7-18(15)23-20(26)16-12-14(8-9-17(16)21)30(27,28)25-10-4-5-11-25/h2-3,6-9,12H,4-5,10-11H2,1H3,(H,23,26). The molecule has 8 nitrogen and oxygen atoms in total. The van der Waals surface area contributed by atoms with Crippen LogP contribution in [0.25, 0.3) is 11.4 Å². The molecule has 1 saturated heterocycles. The molecule has 1 amide bonds. The third-order valence-electron chi connectivity index (χ3n) is 4.83. The van der Waals surface area contributed by atoms with Crippen molar-refractivity contribution in [3.8, 4) is 11.4 Å². The SMILES string of the molecule is Cc1nc(-c2ccccc2NC(=O)c2cc(S(=O)(=O)N3CCCC3)ccc2Br)no1. The first-order valence-corrected chi connectivity index (χ1v) is 11.6. The van der Waals surface area contributed by atoms with Crippen LogP contribution in [0.3, 0.4) is 0 Å². The fourth-order valence-electron chi connectivity index (χ4n) is 3.30. The number of para-hydroxylation sites is 1. The zero-order chi connectivity index (χ0) is 21.3. The average molecular weight is 491 g/mol. The van der Waals surface area contributed by atoms with Crippen LogP contribution in [0.2, 0.25) is 0 Å². The molecule has 0 saturated carbocycles. The number of carbonyl (C=O) groups excluding carboxylic acids is 1. The van der Waals surface area contributed by atoms with Crippen molar-refractivity contribution in [2.24, 2.45) is 0 Å².